The van der Waals surface area contributed by atoms with Crippen molar-refractivity contribution in [2.75, 3.05) is 30.5 Å². The molecule has 2 heterocycles. The highest BCUT2D eigenvalue weighted by Gasteiger charge is 2.12. The number of anilines is 3. The molecule has 0 bridgehead atoms. The number of aromatic nitrogens is 2. The summed E-state index contributed by atoms with van der Waals surface area (Å²) in [6.07, 6.45) is 0.216. The summed E-state index contributed by atoms with van der Waals surface area (Å²) in [5, 5.41) is 14.0. The minimum Gasteiger partial charge on any atom is -0.493 e. The molecule has 8 heteroatoms. The lowest BCUT2D eigenvalue weighted by molar-refractivity contribution is -0.116. The maximum absolute atomic E-state index is 12.0. The van der Waals surface area contributed by atoms with Crippen LogP contribution in [-0.4, -0.2) is 35.9 Å². The van der Waals surface area contributed by atoms with Crippen LogP contribution < -0.4 is 24.8 Å². The van der Waals surface area contributed by atoms with Crippen molar-refractivity contribution in [2.24, 2.45) is 0 Å². The number of hydrogen-bond acceptors (Lipinski definition) is 7. The molecule has 0 saturated heterocycles. The SMILES string of the molecule is O=C(CCOc1ccccc1)Nc1ccc(Nc2ccc3c(c2)OCCO3)nn1. The topological polar surface area (TPSA) is 94.6 Å². The second-order valence-electron chi connectivity index (χ2n) is 6.25. The van der Waals surface area contributed by atoms with Crippen LogP contribution in [-0.2, 0) is 4.79 Å². The van der Waals surface area contributed by atoms with E-state index in [1.54, 1.807) is 12.1 Å². The lowest BCUT2D eigenvalue weighted by Gasteiger charge is -2.19. The minimum atomic E-state index is -0.192. The van der Waals surface area contributed by atoms with Crippen molar-refractivity contribution in [3.05, 3.63) is 60.7 Å². The molecule has 29 heavy (non-hydrogen) atoms. The highest BCUT2D eigenvalue weighted by molar-refractivity contribution is 5.89. The molecule has 1 aliphatic heterocycles. The molecule has 4 rings (SSSR count). The van der Waals surface area contributed by atoms with Gasteiger partial charge in [-0.2, -0.15) is 0 Å². The Morgan fingerprint density at radius 3 is 2.48 bits per heavy atom. The third-order valence-corrected chi connectivity index (χ3v) is 4.09. The van der Waals surface area contributed by atoms with Crippen LogP contribution in [0.25, 0.3) is 0 Å². The number of hydrogen-bond donors (Lipinski definition) is 2. The summed E-state index contributed by atoms with van der Waals surface area (Å²) in [5.74, 6) is 2.88. The summed E-state index contributed by atoms with van der Waals surface area (Å²) in [6.45, 7) is 1.37. The predicted molar refractivity (Wildman–Crippen MR) is 108 cm³/mol. The number of carbonyl (C=O) groups is 1. The highest BCUT2D eigenvalue weighted by atomic mass is 16.6. The Bertz CT molecular complexity index is 964. The number of carbonyl (C=O) groups excluding carboxylic acids is 1. The van der Waals surface area contributed by atoms with Crippen LogP contribution in [0.1, 0.15) is 6.42 Å². The van der Waals surface area contributed by atoms with Gasteiger partial charge in [0.2, 0.25) is 5.91 Å². The van der Waals surface area contributed by atoms with Crippen LogP contribution in [0.4, 0.5) is 17.3 Å². The van der Waals surface area contributed by atoms with Crippen LogP contribution in [0.15, 0.2) is 60.7 Å². The molecule has 0 unspecified atom stereocenters. The Hall–Kier alpha value is -3.81. The second-order valence-corrected chi connectivity index (χ2v) is 6.25. The van der Waals surface area contributed by atoms with Gasteiger partial charge in [0.25, 0.3) is 0 Å². The van der Waals surface area contributed by atoms with Gasteiger partial charge in [-0.05, 0) is 36.4 Å². The van der Waals surface area contributed by atoms with E-state index in [0.717, 1.165) is 17.2 Å². The summed E-state index contributed by atoms with van der Waals surface area (Å²) in [7, 11) is 0. The van der Waals surface area contributed by atoms with Gasteiger partial charge in [-0.3, -0.25) is 4.79 Å². The maximum atomic E-state index is 12.0. The number of fused-ring (bicyclic) bond motifs is 1. The fraction of sp³-hybridized carbons (Fsp3) is 0.190. The summed E-state index contributed by atoms with van der Waals surface area (Å²) in [4.78, 5) is 12.0. The van der Waals surface area contributed by atoms with Gasteiger partial charge in [0.15, 0.2) is 23.1 Å². The van der Waals surface area contributed by atoms with E-state index in [2.05, 4.69) is 20.8 Å². The molecule has 3 aromatic rings. The first kappa shape index (κ1) is 18.5. The van der Waals surface area contributed by atoms with Crippen molar-refractivity contribution in [3.63, 3.8) is 0 Å². The average Bonchev–Trinajstić information content (AvgIpc) is 2.76. The highest BCUT2D eigenvalue weighted by Crippen LogP contribution is 2.33. The molecule has 0 fully saturated rings. The number of benzene rings is 2. The predicted octanol–water partition coefficient (Wildman–Crippen LogP) is 3.40. The zero-order valence-electron chi connectivity index (χ0n) is 15.6. The molecule has 0 atom stereocenters. The first-order valence-corrected chi connectivity index (χ1v) is 9.24. The van der Waals surface area contributed by atoms with E-state index in [9.17, 15) is 4.79 Å². The lowest BCUT2D eigenvalue weighted by atomic mass is 10.2. The molecular formula is C21H20N4O4. The monoisotopic (exact) mass is 392 g/mol. The van der Waals surface area contributed by atoms with E-state index in [1.807, 2.05) is 48.5 Å². The van der Waals surface area contributed by atoms with Crippen molar-refractivity contribution in [3.8, 4) is 17.2 Å². The molecular weight excluding hydrogens is 372 g/mol. The molecule has 148 valence electrons. The molecule has 0 radical (unpaired) electrons. The van der Waals surface area contributed by atoms with Crippen molar-refractivity contribution in [1.82, 2.24) is 10.2 Å². The molecule has 0 saturated carbocycles. The molecule has 8 nitrogen and oxygen atoms in total. The largest absolute Gasteiger partial charge is 0.493 e. The van der Waals surface area contributed by atoms with Crippen molar-refractivity contribution < 1.29 is 19.0 Å². The van der Waals surface area contributed by atoms with Gasteiger partial charge < -0.3 is 24.8 Å². The van der Waals surface area contributed by atoms with E-state index in [0.29, 0.717) is 30.6 Å². The number of amides is 1. The zero-order valence-corrected chi connectivity index (χ0v) is 15.6. The van der Waals surface area contributed by atoms with Gasteiger partial charge in [-0.15, -0.1) is 10.2 Å². The summed E-state index contributed by atoms with van der Waals surface area (Å²) in [5.41, 5.74) is 0.804. The van der Waals surface area contributed by atoms with Gasteiger partial charge in [-0.25, -0.2) is 0 Å². The van der Waals surface area contributed by atoms with E-state index >= 15 is 0 Å². The van der Waals surface area contributed by atoms with Crippen LogP contribution >= 0.6 is 0 Å². The smallest absolute Gasteiger partial charge is 0.229 e. The number of ether oxygens (including phenoxy) is 3. The summed E-state index contributed by atoms with van der Waals surface area (Å²) in [6, 6.07) is 18.3. The van der Waals surface area contributed by atoms with Gasteiger partial charge >= 0.3 is 0 Å². The van der Waals surface area contributed by atoms with Crippen molar-refractivity contribution in [2.45, 2.75) is 6.42 Å². The molecule has 2 N–H and O–H groups in total. The molecule has 0 spiro atoms. The van der Waals surface area contributed by atoms with Crippen LogP contribution in [0.2, 0.25) is 0 Å². The molecule has 2 aromatic carbocycles. The first-order chi connectivity index (χ1) is 14.3. The van der Waals surface area contributed by atoms with Gasteiger partial charge in [0, 0.05) is 11.8 Å². The fourth-order valence-electron chi connectivity index (χ4n) is 2.72. The van der Waals surface area contributed by atoms with Crippen molar-refractivity contribution >= 4 is 23.2 Å². The summed E-state index contributed by atoms with van der Waals surface area (Å²) >= 11 is 0. The molecule has 1 aliphatic rings. The van der Waals surface area contributed by atoms with Gasteiger partial charge in [-0.1, -0.05) is 18.2 Å². The third kappa shape index (κ3) is 5.13. The minimum absolute atomic E-state index is 0.192. The van der Waals surface area contributed by atoms with E-state index in [1.165, 1.54) is 0 Å². The second kappa shape index (κ2) is 8.92. The maximum Gasteiger partial charge on any atom is 0.229 e. The Morgan fingerprint density at radius 1 is 0.931 bits per heavy atom. The number of para-hydroxylation sites is 1. The fourth-order valence-corrected chi connectivity index (χ4v) is 2.72. The van der Waals surface area contributed by atoms with Crippen LogP contribution in [0.5, 0.6) is 17.2 Å². The van der Waals surface area contributed by atoms with Gasteiger partial charge in [0.05, 0.1) is 13.0 Å². The van der Waals surface area contributed by atoms with E-state index in [4.69, 9.17) is 14.2 Å². The Morgan fingerprint density at radius 2 is 1.69 bits per heavy atom. The number of nitrogens with one attached hydrogen (secondary N) is 2. The average molecular weight is 392 g/mol. The first-order valence-electron chi connectivity index (χ1n) is 9.24. The third-order valence-electron chi connectivity index (χ3n) is 4.09. The zero-order chi connectivity index (χ0) is 19.9. The normalized spacial score (nSPS) is 12.1. The molecule has 1 aromatic heterocycles. The molecule has 1 amide bonds. The lowest BCUT2D eigenvalue weighted by Crippen LogP contribution is -2.16. The summed E-state index contributed by atoms with van der Waals surface area (Å²) < 4.78 is 16.6. The van der Waals surface area contributed by atoms with Crippen LogP contribution in [0.3, 0.4) is 0 Å². The van der Waals surface area contributed by atoms with Crippen molar-refractivity contribution in [1.29, 1.82) is 0 Å². The number of nitrogens with zero attached hydrogens (tertiary/aromatic N) is 2. The van der Waals surface area contributed by atoms with E-state index < -0.39 is 0 Å². The quantitative estimate of drug-likeness (QED) is 0.636. The molecule has 0 aliphatic carbocycles. The standard InChI is InChI=1S/C21H20N4O4/c26-21(10-11-27-16-4-2-1-3-5-16)23-20-9-8-19(24-25-20)22-15-6-7-17-18(14-15)29-13-12-28-17/h1-9,14H,10-13H2,(H,22,24)(H,23,25,26). The Kier molecular flexibility index (Phi) is 5.70. The Balaban J connectivity index is 1.27. The van der Waals surface area contributed by atoms with Crippen LogP contribution in [0, 0.1) is 0 Å². The van der Waals surface area contributed by atoms with E-state index in [-0.39, 0.29) is 18.9 Å². The van der Waals surface area contributed by atoms with Gasteiger partial charge in [0.1, 0.15) is 19.0 Å². The Labute approximate surface area is 167 Å². The number of rotatable bonds is 7.